The Hall–Kier alpha value is -2.71. The minimum absolute atomic E-state index is 0.276. The van der Waals surface area contributed by atoms with Gasteiger partial charge in [-0.1, -0.05) is 12.1 Å². The van der Waals surface area contributed by atoms with Gasteiger partial charge in [-0.3, -0.25) is 0 Å². The van der Waals surface area contributed by atoms with Crippen LogP contribution in [-0.2, 0) is 11.3 Å². The SMILES string of the molecule is COC(=O)c1csc(CNC2CCC(Nc3nc(N(C)C)c4ccccc4n3)CC2)c1. The molecular weight excluding hydrogens is 410 g/mol. The van der Waals surface area contributed by atoms with Gasteiger partial charge in [-0.2, -0.15) is 4.98 Å². The van der Waals surface area contributed by atoms with Crippen LogP contribution in [0.15, 0.2) is 35.7 Å². The topological polar surface area (TPSA) is 79.4 Å². The average molecular weight is 440 g/mol. The zero-order chi connectivity index (χ0) is 21.8. The molecule has 0 amide bonds. The molecule has 0 saturated heterocycles. The van der Waals surface area contributed by atoms with E-state index in [9.17, 15) is 4.79 Å². The first kappa shape index (κ1) is 21.5. The summed E-state index contributed by atoms with van der Waals surface area (Å²) in [6, 6.07) is 10.9. The number of fused-ring (bicyclic) bond motifs is 1. The Balaban J connectivity index is 1.31. The summed E-state index contributed by atoms with van der Waals surface area (Å²) in [4.78, 5) is 24.3. The molecule has 1 aromatic carbocycles. The molecular formula is C23H29N5O2S. The van der Waals surface area contributed by atoms with E-state index in [2.05, 4.69) is 16.7 Å². The summed E-state index contributed by atoms with van der Waals surface area (Å²) in [5.74, 6) is 1.36. The fraction of sp³-hybridized carbons (Fsp3) is 0.435. The molecule has 4 rings (SSSR count). The van der Waals surface area contributed by atoms with Gasteiger partial charge in [-0.15, -0.1) is 11.3 Å². The lowest BCUT2D eigenvalue weighted by molar-refractivity contribution is 0.0601. The number of hydrogen-bond acceptors (Lipinski definition) is 8. The first-order valence-corrected chi connectivity index (χ1v) is 11.5. The largest absolute Gasteiger partial charge is 0.465 e. The summed E-state index contributed by atoms with van der Waals surface area (Å²) >= 11 is 1.59. The van der Waals surface area contributed by atoms with Gasteiger partial charge < -0.3 is 20.3 Å². The van der Waals surface area contributed by atoms with E-state index in [0.717, 1.165) is 53.8 Å². The van der Waals surface area contributed by atoms with Crippen molar-refractivity contribution in [2.45, 2.75) is 44.3 Å². The predicted molar refractivity (Wildman–Crippen MR) is 126 cm³/mol. The maximum absolute atomic E-state index is 11.6. The maximum atomic E-state index is 11.6. The molecule has 0 spiro atoms. The third-order valence-corrected chi connectivity index (χ3v) is 6.64. The highest BCUT2D eigenvalue weighted by Gasteiger charge is 2.22. The number of benzene rings is 1. The third-order valence-electron chi connectivity index (χ3n) is 5.71. The van der Waals surface area contributed by atoms with Crippen molar-refractivity contribution < 1.29 is 9.53 Å². The van der Waals surface area contributed by atoms with Gasteiger partial charge in [-0.25, -0.2) is 9.78 Å². The summed E-state index contributed by atoms with van der Waals surface area (Å²) in [5, 5.41) is 10.1. The molecule has 1 saturated carbocycles. The first-order chi connectivity index (χ1) is 15.0. The highest BCUT2D eigenvalue weighted by molar-refractivity contribution is 7.10. The second-order valence-electron chi connectivity index (χ2n) is 8.15. The van der Waals surface area contributed by atoms with Crippen molar-refractivity contribution in [2.24, 2.45) is 0 Å². The fourth-order valence-electron chi connectivity index (χ4n) is 4.03. The molecule has 0 unspecified atom stereocenters. The molecule has 3 aromatic rings. The van der Waals surface area contributed by atoms with E-state index in [0.29, 0.717) is 23.6 Å². The number of carbonyl (C=O) groups excluding carboxylic acids is 1. The summed E-state index contributed by atoms with van der Waals surface area (Å²) in [6.45, 7) is 0.782. The molecule has 164 valence electrons. The van der Waals surface area contributed by atoms with E-state index in [-0.39, 0.29) is 5.97 Å². The standard InChI is InChI=1S/C23H29N5O2S/c1-28(2)21-19-6-4-5-7-20(19)26-23(27-21)25-17-10-8-16(9-11-17)24-13-18-12-15(14-31-18)22(29)30-3/h4-7,12,14,16-17,24H,8-11,13H2,1-3H3,(H,25,26,27). The Morgan fingerprint density at radius 2 is 1.90 bits per heavy atom. The second kappa shape index (κ2) is 9.62. The number of aromatic nitrogens is 2. The van der Waals surface area contributed by atoms with Gasteiger partial charge in [0.1, 0.15) is 5.82 Å². The first-order valence-electron chi connectivity index (χ1n) is 10.6. The Morgan fingerprint density at radius 3 is 2.65 bits per heavy atom. The number of rotatable bonds is 7. The van der Waals surface area contributed by atoms with Gasteiger partial charge in [0.15, 0.2) is 0 Å². The van der Waals surface area contributed by atoms with Gasteiger partial charge in [-0.05, 0) is 43.9 Å². The van der Waals surface area contributed by atoms with Crippen molar-refractivity contribution in [3.05, 3.63) is 46.2 Å². The number of para-hydroxylation sites is 1. The highest BCUT2D eigenvalue weighted by Crippen LogP contribution is 2.26. The Bertz CT molecular complexity index is 1040. The van der Waals surface area contributed by atoms with Crippen molar-refractivity contribution in [3.8, 4) is 0 Å². The van der Waals surface area contributed by atoms with Gasteiger partial charge in [0.2, 0.25) is 5.95 Å². The Morgan fingerprint density at radius 1 is 1.16 bits per heavy atom. The number of hydrogen-bond donors (Lipinski definition) is 2. The van der Waals surface area contributed by atoms with Crippen LogP contribution in [0.2, 0.25) is 0 Å². The molecule has 2 aromatic heterocycles. The Kier molecular flexibility index (Phi) is 6.67. The van der Waals surface area contributed by atoms with Crippen LogP contribution in [0.5, 0.6) is 0 Å². The summed E-state index contributed by atoms with van der Waals surface area (Å²) in [5.41, 5.74) is 1.59. The van der Waals surface area contributed by atoms with Crippen molar-refractivity contribution in [1.82, 2.24) is 15.3 Å². The molecule has 0 aliphatic heterocycles. The van der Waals surface area contributed by atoms with Crippen molar-refractivity contribution in [3.63, 3.8) is 0 Å². The number of ether oxygens (including phenoxy) is 1. The lowest BCUT2D eigenvalue weighted by Gasteiger charge is -2.30. The highest BCUT2D eigenvalue weighted by atomic mass is 32.1. The maximum Gasteiger partial charge on any atom is 0.338 e. The predicted octanol–water partition coefficient (Wildman–Crippen LogP) is 4.06. The molecule has 31 heavy (non-hydrogen) atoms. The molecule has 0 bridgehead atoms. The molecule has 1 aliphatic rings. The van der Waals surface area contributed by atoms with Gasteiger partial charge in [0, 0.05) is 48.4 Å². The van der Waals surface area contributed by atoms with E-state index in [1.807, 2.05) is 48.6 Å². The second-order valence-corrected chi connectivity index (χ2v) is 9.15. The van der Waals surface area contributed by atoms with E-state index in [1.165, 1.54) is 7.11 Å². The van der Waals surface area contributed by atoms with Gasteiger partial charge in [0.25, 0.3) is 0 Å². The monoisotopic (exact) mass is 439 g/mol. The van der Waals surface area contributed by atoms with E-state index in [4.69, 9.17) is 14.7 Å². The number of carbonyl (C=O) groups is 1. The lowest BCUT2D eigenvalue weighted by atomic mass is 9.91. The lowest BCUT2D eigenvalue weighted by Crippen LogP contribution is -2.36. The van der Waals surface area contributed by atoms with Crippen molar-refractivity contribution in [2.75, 3.05) is 31.4 Å². The van der Waals surface area contributed by atoms with Crippen molar-refractivity contribution >= 4 is 40.0 Å². The number of esters is 1. The molecule has 1 fully saturated rings. The number of thiophene rings is 1. The van der Waals surface area contributed by atoms with Crippen LogP contribution in [0.3, 0.4) is 0 Å². The Labute approximate surface area is 186 Å². The number of methoxy groups -OCH3 is 1. The van der Waals surface area contributed by atoms with Crippen LogP contribution in [-0.4, -0.2) is 49.2 Å². The van der Waals surface area contributed by atoms with Crippen LogP contribution in [0.4, 0.5) is 11.8 Å². The minimum atomic E-state index is -0.276. The third kappa shape index (κ3) is 5.14. The van der Waals surface area contributed by atoms with Gasteiger partial charge >= 0.3 is 5.97 Å². The molecule has 7 nitrogen and oxygen atoms in total. The van der Waals surface area contributed by atoms with Crippen LogP contribution in [0, 0.1) is 0 Å². The molecule has 1 aliphatic carbocycles. The molecule has 2 heterocycles. The number of anilines is 2. The van der Waals surface area contributed by atoms with Crippen LogP contribution in [0.1, 0.15) is 40.9 Å². The summed E-state index contributed by atoms with van der Waals surface area (Å²) in [6.07, 6.45) is 4.34. The number of nitrogens with one attached hydrogen (secondary N) is 2. The zero-order valence-electron chi connectivity index (χ0n) is 18.2. The molecule has 2 N–H and O–H groups in total. The van der Waals surface area contributed by atoms with E-state index >= 15 is 0 Å². The fourth-order valence-corrected chi connectivity index (χ4v) is 4.84. The summed E-state index contributed by atoms with van der Waals surface area (Å²) in [7, 11) is 5.43. The zero-order valence-corrected chi connectivity index (χ0v) is 19.0. The summed E-state index contributed by atoms with van der Waals surface area (Å²) < 4.78 is 4.78. The average Bonchev–Trinajstić information content (AvgIpc) is 3.26. The normalized spacial score (nSPS) is 18.7. The quantitative estimate of drug-likeness (QED) is 0.538. The van der Waals surface area contributed by atoms with Crippen LogP contribution in [0.25, 0.3) is 10.9 Å². The van der Waals surface area contributed by atoms with Crippen LogP contribution < -0.4 is 15.5 Å². The minimum Gasteiger partial charge on any atom is -0.465 e. The van der Waals surface area contributed by atoms with Crippen molar-refractivity contribution in [1.29, 1.82) is 0 Å². The number of nitrogens with zero attached hydrogens (tertiary/aromatic N) is 3. The van der Waals surface area contributed by atoms with E-state index < -0.39 is 0 Å². The molecule has 0 atom stereocenters. The van der Waals surface area contributed by atoms with Gasteiger partial charge in [0.05, 0.1) is 18.2 Å². The van der Waals surface area contributed by atoms with Crippen LogP contribution >= 0.6 is 11.3 Å². The smallest absolute Gasteiger partial charge is 0.338 e. The molecule has 0 radical (unpaired) electrons. The molecule has 8 heteroatoms. The van der Waals surface area contributed by atoms with E-state index in [1.54, 1.807) is 11.3 Å².